The Hall–Kier alpha value is -2.55. The number of rotatable bonds is 6. The summed E-state index contributed by atoms with van der Waals surface area (Å²) in [6.07, 6.45) is 3.43. The van der Waals surface area contributed by atoms with Crippen molar-refractivity contribution in [2.24, 2.45) is 5.92 Å². The molecule has 3 aromatic rings. The molecule has 1 amide bonds. The number of nitrogens with one attached hydrogen (secondary N) is 1. The quantitative estimate of drug-likeness (QED) is 0.609. The fraction of sp³-hybridized carbons (Fsp3) is 0.304. The molecule has 1 fully saturated rings. The van der Waals surface area contributed by atoms with Crippen molar-refractivity contribution >= 4 is 32.4 Å². The lowest BCUT2D eigenvalue weighted by atomic mass is 9.99. The molecule has 1 saturated heterocycles. The maximum Gasteiger partial charge on any atom is 0.230 e. The molecule has 1 aromatic heterocycles. The summed E-state index contributed by atoms with van der Waals surface area (Å²) < 4.78 is 24.9. The van der Waals surface area contributed by atoms with E-state index in [2.05, 4.69) is 34.6 Å². The standard InChI is InChI=1S/C23H25N3O3S2/c1-31(28,29)26-13-5-8-20(15-26)22(27)25-23-24-21(16-30-23)19-11-9-18(10-12-19)14-17-6-3-2-4-7-17/h2-4,6-7,9-12,16,20H,5,8,13-15H2,1H3,(H,24,25,27)/t20-/m1/s1. The largest absolute Gasteiger partial charge is 0.302 e. The van der Waals surface area contributed by atoms with E-state index in [1.54, 1.807) is 0 Å². The van der Waals surface area contributed by atoms with E-state index in [1.165, 1.54) is 33.0 Å². The van der Waals surface area contributed by atoms with Crippen molar-refractivity contribution in [3.05, 3.63) is 71.1 Å². The van der Waals surface area contributed by atoms with E-state index < -0.39 is 10.0 Å². The zero-order valence-corrected chi connectivity index (χ0v) is 19.0. The number of hydrogen-bond donors (Lipinski definition) is 1. The van der Waals surface area contributed by atoms with Crippen LogP contribution in [0.4, 0.5) is 5.13 Å². The van der Waals surface area contributed by atoms with E-state index in [-0.39, 0.29) is 18.4 Å². The molecule has 0 radical (unpaired) electrons. The third-order valence-electron chi connectivity index (χ3n) is 5.46. The highest BCUT2D eigenvalue weighted by Crippen LogP contribution is 2.27. The second-order valence-corrected chi connectivity index (χ2v) is 10.7. The number of piperidine rings is 1. The molecule has 31 heavy (non-hydrogen) atoms. The lowest BCUT2D eigenvalue weighted by Gasteiger charge is -2.29. The van der Waals surface area contributed by atoms with Gasteiger partial charge in [-0.15, -0.1) is 11.3 Å². The highest BCUT2D eigenvalue weighted by Gasteiger charge is 2.30. The topological polar surface area (TPSA) is 79.4 Å². The molecule has 1 N–H and O–H groups in total. The summed E-state index contributed by atoms with van der Waals surface area (Å²) in [7, 11) is -3.28. The summed E-state index contributed by atoms with van der Waals surface area (Å²) in [5.74, 6) is -0.527. The minimum Gasteiger partial charge on any atom is -0.302 e. The van der Waals surface area contributed by atoms with Crippen molar-refractivity contribution in [3.63, 3.8) is 0 Å². The SMILES string of the molecule is CS(=O)(=O)N1CCC[C@@H](C(=O)Nc2nc(-c3ccc(Cc4ccccc4)cc3)cs2)C1. The first kappa shape index (κ1) is 21.7. The summed E-state index contributed by atoms with van der Waals surface area (Å²) in [4.78, 5) is 17.2. The predicted octanol–water partition coefficient (Wildman–Crippen LogP) is 4.01. The molecule has 0 saturated carbocycles. The normalized spacial score (nSPS) is 17.4. The van der Waals surface area contributed by atoms with Crippen LogP contribution < -0.4 is 5.32 Å². The van der Waals surface area contributed by atoms with Gasteiger partial charge in [-0.1, -0.05) is 54.6 Å². The number of aromatic nitrogens is 1. The number of amides is 1. The number of sulfonamides is 1. The Labute approximate surface area is 187 Å². The summed E-state index contributed by atoms with van der Waals surface area (Å²) in [5, 5.41) is 5.32. The third kappa shape index (κ3) is 5.58. The van der Waals surface area contributed by atoms with Gasteiger partial charge in [0.05, 0.1) is 17.9 Å². The van der Waals surface area contributed by atoms with Gasteiger partial charge in [-0.25, -0.2) is 17.7 Å². The molecule has 6 nitrogen and oxygen atoms in total. The Kier molecular flexibility index (Phi) is 6.50. The van der Waals surface area contributed by atoms with Gasteiger partial charge in [-0.2, -0.15) is 0 Å². The van der Waals surface area contributed by atoms with Crippen LogP contribution in [0.1, 0.15) is 24.0 Å². The number of hydrogen-bond acceptors (Lipinski definition) is 5. The number of carbonyl (C=O) groups is 1. The smallest absolute Gasteiger partial charge is 0.230 e. The Morgan fingerprint density at radius 3 is 2.55 bits per heavy atom. The van der Waals surface area contributed by atoms with Crippen LogP contribution in [0, 0.1) is 5.92 Å². The number of thiazole rings is 1. The van der Waals surface area contributed by atoms with Crippen LogP contribution in [0.15, 0.2) is 60.0 Å². The Bertz CT molecular complexity index is 1140. The monoisotopic (exact) mass is 455 g/mol. The molecule has 1 aliphatic rings. The van der Waals surface area contributed by atoms with Crippen LogP contribution in [0.3, 0.4) is 0 Å². The van der Waals surface area contributed by atoms with E-state index >= 15 is 0 Å². The predicted molar refractivity (Wildman–Crippen MR) is 125 cm³/mol. The van der Waals surface area contributed by atoms with Crippen molar-refractivity contribution in [1.29, 1.82) is 0 Å². The summed E-state index contributed by atoms with van der Waals surface area (Å²) in [6, 6.07) is 18.6. The number of benzene rings is 2. The van der Waals surface area contributed by atoms with Gasteiger partial charge in [-0.05, 0) is 30.4 Å². The van der Waals surface area contributed by atoms with Gasteiger partial charge in [0.25, 0.3) is 0 Å². The fourth-order valence-electron chi connectivity index (χ4n) is 3.75. The molecular formula is C23H25N3O3S2. The molecule has 0 spiro atoms. The minimum atomic E-state index is -3.28. The van der Waals surface area contributed by atoms with Gasteiger partial charge in [0.15, 0.2) is 5.13 Å². The van der Waals surface area contributed by atoms with Crippen LogP contribution in [-0.2, 0) is 21.2 Å². The van der Waals surface area contributed by atoms with Crippen LogP contribution in [0.2, 0.25) is 0 Å². The number of nitrogens with zero attached hydrogens (tertiary/aromatic N) is 2. The summed E-state index contributed by atoms with van der Waals surface area (Å²) in [5.41, 5.74) is 4.31. The molecule has 2 aromatic carbocycles. The van der Waals surface area contributed by atoms with E-state index in [1.807, 2.05) is 35.7 Å². The molecular weight excluding hydrogens is 430 g/mol. The average molecular weight is 456 g/mol. The molecule has 4 rings (SSSR count). The number of carbonyl (C=O) groups excluding carboxylic acids is 1. The zero-order valence-electron chi connectivity index (χ0n) is 17.3. The van der Waals surface area contributed by atoms with Gasteiger partial charge < -0.3 is 5.32 Å². The third-order valence-corrected chi connectivity index (χ3v) is 7.49. The van der Waals surface area contributed by atoms with E-state index in [0.29, 0.717) is 24.5 Å². The van der Waals surface area contributed by atoms with Crippen molar-refractivity contribution < 1.29 is 13.2 Å². The number of anilines is 1. The van der Waals surface area contributed by atoms with Crippen LogP contribution >= 0.6 is 11.3 Å². The first-order valence-corrected chi connectivity index (χ1v) is 13.0. The molecule has 0 bridgehead atoms. The lowest BCUT2D eigenvalue weighted by molar-refractivity contribution is -0.120. The maximum atomic E-state index is 12.6. The maximum absolute atomic E-state index is 12.6. The Balaban J connectivity index is 1.38. The van der Waals surface area contributed by atoms with Crippen molar-refractivity contribution in [2.75, 3.05) is 24.7 Å². The molecule has 1 aliphatic heterocycles. The van der Waals surface area contributed by atoms with Crippen molar-refractivity contribution in [2.45, 2.75) is 19.3 Å². The van der Waals surface area contributed by atoms with Gasteiger partial charge in [0.2, 0.25) is 15.9 Å². The average Bonchev–Trinajstić information content (AvgIpc) is 3.23. The summed E-state index contributed by atoms with van der Waals surface area (Å²) in [6.45, 7) is 0.704. The highest BCUT2D eigenvalue weighted by atomic mass is 32.2. The molecule has 0 aliphatic carbocycles. The summed E-state index contributed by atoms with van der Waals surface area (Å²) >= 11 is 1.37. The van der Waals surface area contributed by atoms with Crippen LogP contribution in [0.5, 0.6) is 0 Å². The lowest BCUT2D eigenvalue weighted by Crippen LogP contribution is -2.43. The minimum absolute atomic E-state index is 0.174. The Morgan fingerprint density at radius 2 is 1.84 bits per heavy atom. The molecule has 0 unspecified atom stereocenters. The van der Waals surface area contributed by atoms with Gasteiger partial charge in [0, 0.05) is 24.0 Å². The van der Waals surface area contributed by atoms with Crippen LogP contribution in [-0.4, -0.2) is 43.0 Å². The second kappa shape index (κ2) is 9.30. The van der Waals surface area contributed by atoms with Gasteiger partial charge in [0.1, 0.15) is 0 Å². The van der Waals surface area contributed by atoms with Gasteiger partial charge in [-0.3, -0.25) is 4.79 Å². The van der Waals surface area contributed by atoms with Gasteiger partial charge >= 0.3 is 0 Å². The van der Waals surface area contributed by atoms with E-state index in [0.717, 1.165) is 17.7 Å². The molecule has 1 atom stereocenters. The van der Waals surface area contributed by atoms with Crippen LogP contribution in [0.25, 0.3) is 11.3 Å². The van der Waals surface area contributed by atoms with Crippen molar-refractivity contribution in [1.82, 2.24) is 9.29 Å². The van der Waals surface area contributed by atoms with E-state index in [4.69, 9.17) is 0 Å². The second-order valence-electron chi connectivity index (χ2n) is 7.85. The first-order chi connectivity index (χ1) is 14.9. The fourth-order valence-corrected chi connectivity index (χ4v) is 5.39. The zero-order chi connectivity index (χ0) is 21.8. The first-order valence-electron chi connectivity index (χ1n) is 10.2. The highest BCUT2D eigenvalue weighted by molar-refractivity contribution is 7.88. The molecule has 2 heterocycles. The van der Waals surface area contributed by atoms with E-state index in [9.17, 15) is 13.2 Å². The van der Waals surface area contributed by atoms with Crippen molar-refractivity contribution in [3.8, 4) is 11.3 Å². The molecule has 8 heteroatoms. The molecule has 162 valence electrons. The Morgan fingerprint density at radius 1 is 1.13 bits per heavy atom.